The van der Waals surface area contributed by atoms with Crippen molar-refractivity contribution >= 4 is 27.5 Å². The third kappa shape index (κ3) is 4.76. The maximum atomic E-state index is 12.7. The molecule has 10 heteroatoms. The molecule has 2 fully saturated rings. The van der Waals surface area contributed by atoms with Crippen molar-refractivity contribution in [3.05, 3.63) is 54.4 Å². The lowest BCUT2D eigenvalue weighted by molar-refractivity contribution is -0.126. The zero-order valence-corrected chi connectivity index (χ0v) is 17.8. The quantitative estimate of drug-likeness (QED) is 0.705. The molecule has 0 saturated carbocycles. The summed E-state index contributed by atoms with van der Waals surface area (Å²) < 4.78 is 32.1. The summed E-state index contributed by atoms with van der Waals surface area (Å²) in [6, 6.07) is 9.87. The molecule has 164 valence electrons. The second-order valence-electron chi connectivity index (χ2n) is 7.49. The van der Waals surface area contributed by atoms with E-state index in [1.54, 1.807) is 24.5 Å². The fourth-order valence-electron chi connectivity index (χ4n) is 3.70. The molecule has 2 aromatic rings. The Kier molecular flexibility index (Phi) is 6.30. The number of ether oxygens (including phenoxy) is 1. The molecule has 2 aliphatic rings. The zero-order chi connectivity index (χ0) is 21.8. The Morgan fingerprint density at radius 3 is 2.45 bits per heavy atom. The molecule has 1 unspecified atom stereocenters. The van der Waals surface area contributed by atoms with Gasteiger partial charge in [0, 0.05) is 50.7 Å². The van der Waals surface area contributed by atoms with Gasteiger partial charge in [0.25, 0.3) is 0 Å². The average Bonchev–Trinajstić information content (AvgIpc) is 3.20. The Morgan fingerprint density at radius 2 is 1.77 bits per heavy atom. The van der Waals surface area contributed by atoms with Gasteiger partial charge in [-0.2, -0.15) is 4.31 Å². The largest absolute Gasteiger partial charge is 0.379 e. The molecule has 31 heavy (non-hydrogen) atoms. The highest BCUT2D eigenvalue weighted by Gasteiger charge is 2.35. The third-order valence-electron chi connectivity index (χ3n) is 5.47. The van der Waals surface area contributed by atoms with Crippen LogP contribution in [0.5, 0.6) is 0 Å². The van der Waals surface area contributed by atoms with Crippen molar-refractivity contribution in [2.24, 2.45) is 5.92 Å². The summed E-state index contributed by atoms with van der Waals surface area (Å²) in [5.41, 5.74) is 1.51. The molecule has 2 saturated heterocycles. The van der Waals surface area contributed by atoms with Gasteiger partial charge in [-0.25, -0.2) is 8.42 Å². The van der Waals surface area contributed by atoms with Gasteiger partial charge >= 0.3 is 0 Å². The number of anilines is 1. The minimum atomic E-state index is -3.59. The average molecular weight is 445 g/mol. The predicted molar refractivity (Wildman–Crippen MR) is 113 cm³/mol. The Morgan fingerprint density at radius 1 is 1.10 bits per heavy atom. The van der Waals surface area contributed by atoms with Gasteiger partial charge in [0.05, 0.1) is 24.0 Å². The zero-order valence-electron chi connectivity index (χ0n) is 16.9. The van der Waals surface area contributed by atoms with Crippen LogP contribution in [0.2, 0.25) is 0 Å². The van der Waals surface area contributed by atoms with Crippen LogP contribution in [0, 0.1) is 5.92 Å². The van der Waals surface area contributed by atoms with E-state index in [0.717, 1.165) is 5.56 Å². The first-order chi connectivity index (χ1) is 14.9. The molecular formula is C21H24N4O5S. The van der Waals surface area contributed by atoms with E-state index in [2.05, 4.69) is 10.3 Å². The van der Waals surface area contributed by atoms with Crippen LogP contribution in [0.3, 0.4) is 0 Å². The van der Waals surface area contributed by atoms with Crippen molar-refractivity contribution in [3.63, 3.8) is 0 Å². The highest BCUT2D eigenvalue weighted by atomic mass is 32.2. The molecule has 4 rings (SSSR count). The first-order valence-electron chi connectivity index (χ1n) is 10.1. The first-order valence-corrected chi connectivity index (χ1v) is 11.5. The number of carbonyl (C=O) groups excluding carboxylic acids is 2. The van der Waals surface area contributed by atoms with Gasteiger partial charge < -0.3 is 15.0 Å². The van der Waals surface area contributed by atoms with Gasteiger partial charge in [-0.3, -0.25) is 14.6 Å². The number of aromatic nitrogens is 1. The predicted octanol–water partition coefficient (Wildman–Crippen LogP) is 0.772. The molecule has 1 aromatic carbocycles. The summed E-state index contributed by atoms with van der Waals surface area (Å²) in [5, 5.41) is 2.86. The number of benzene rings is 1. The van der Waals surface area contributed by atoms with Crippen molar-refractivity contribution in [2.45, 2.75) is 17.9 Å². The smallest absolute Gasteiger partial charge is 0.243 e. The normalized spacial score (nSPS) is 20.1. The maximum Gasteiger partial charge on any atom is 0.243 e. The number of carbonyl (C=O) groups is 2. The summed E-state index contributed by atoms with van der Waals surface area (Å²) >= 11 is 0. The number of morpholine rings is 1. The second-order valence-corrected chi connectivity index (χ2v) is 9.43. The van der Waals surface area contributed by atoms with Crippen LogP contribution in [0.25, 0.3) is 0 Å². The number of rotatable bonds is 6. The van der Waals surface area contributed by atoms with Crippen molar-refractivity contribution < 1.29 is 22.7 Å². The SMILES string of the molecule is O=C(NCc1ccncc1)C1CC(=O)N(c2ccc(S(=O)(=O)N3CCOCC3)cc2)C1. The van der Waals surface area contributed by atoms with Gasteiger partial charge in [-0.05, 0) is 42.0 Å². The highest BCUT2D eigenvalue weighted by Crippen LogP contribution is 2.27. The summed E-state index contributed by atoms with van der Waals surface area (Å²) in [6.45, 7) is 2.04. The molecule has 3 heterocycles. The van der Waals surface area contributed by atoms with Crippen LogP contribution >= 0.6 is 0 Å². The summed E-state index contributed by atoms with van der Waals surface area (Å²) in [7, 11) is -3.59. The van der Waals surface area contributed by atoms with Gasteiger partial charge in [-0.15, -0.1) is 0 Å². The maximum absolute atomic E-state index is 12.7. The lowest BCUT2D eigenvalue weighted by Crippen LogP contribution is -2.40. The third-order valence-corrected chi connectivity index (χ3v) is 7.38. The van der Waals surface area contributed by atoms with E-state index in [9.17, 15) is 18.0 Å². The lowest BCUT2D eigenvalue weighted by Gasteiger charge is -2.26. The Hall–Kier alpha value is -2.82. The lowest BCUT2D eigenvalue weighted by atomic mass is 10.1. The van der Waals surface area contributed by atoms with Crippen molar-refractivity contribution in [3.8, 4) is 0 Å². The van der Waals surface area contributed by atoms with Crippen LogP contribution in [0.1, 0.15) is 12.0 Å². The number of nitrogens with one attached hydrogen (secondary N) is 1. The fraction of sp³-hybridized carbons (Fsp3) is 0.381. The standard InChI is InChI=1S/C21H24N4O5S/c26-20-13-17(21(27)23-14-16-5-7-22-8-6-16)15-25(20)18-1-3-19(4-2-18)31(28,29)24-9-11-30-12-10-24/h1-8,17H,9-15H2,(H,23,27). The molecular weight excluding hydrogens is 420 g/mol. The molecule has 1 aromatic heterocycles. The summed E-state index contributed by atoms with van der Waals surface area (Å²) in [6.07, 6.45) is 3.44. The Labute approximate surface area is 181 Å². The summed E-state index contributed by atoms with van der Waals surface area (Å²) in [5.74, 6) is -0.793. The van der Waals surface area contributed by atoms with Crippen molar-refractivity contribution in [1.29, 1.82) is 0 Å². The Balaban J connectivity index is 1.39. The van der Waals surface area contributed by atoms with Crippen molar-refractivity contribution in [2.75, 3.05) is 37.7 Å². The molecule has 1 N–H and O–H groups in total. The van der Waals surface area contributed by atoms with E-state index < -0.39 is 15.9 Å². The number of nitrogens with zero attached hydrogens (tertiary/aromatic N) is 3. The molecule has 0 radical (unpaired) electrons. The molecule has 0 aliphatic carbocycles. The van der Waals surface area contributed by atoms with Crippen molar-refractivity contribution in [1.82, 2.24) is 14.6 Å². The van der Waals surface area contributed by atoms with Gasteiger partial charge in [-0.1, -0.05) is 0 Å². The molecule has 2 aliphatic heterocycles. The van der Waals surface area contributed by atoms with Gasteiger partial charge in [0.15, 0.2) is 0 Å². The van der Waals surface area contributed by atoms with E-state index in [1.807, 2.05) is 12.1 Å². The minimum Gasteiger partial charge on any atom is -0.379 e. The van der Waals surface area contributed by atoms with E-state index in [0.29, 0.717) is 38.5 Å². The number of hydrogen-bond acceptors (Lipinski definition) is 6. The van der Waals surface area contributed by atoms with E-state index >= 15 is 0 Å². The van der Waals surface area contributed by atoms with Gasteiger partial charge in [0.2, 0.25) is 21.8 Å². The second kappa shape index (κ2) is 9.13. The minimum absolute atomic E-state index is 0.121. The molecule has 9 nitrogen and oxygen atoms in total. The molecule has 1 atom stereocenters. The van der Waals surface area contributed by atoms with E-state index in [4.69, 9.17) is 4.74 Å². The molecule has 2 amide bonds. The number of hydrogen-bond donors (Lipinski definition) is 1. The number of pyridine rings is 1. The van der Waals surface area contributed by atoms with Crippen LogP contribution in [0.15, 0.2) is 53.7 Å². The summed E-state index contributed by atoms with van der Waals surface area (Å²) in [4.78, 5) is 30.6. The fourth-order valence-corrected chi connectivity index (χ4v) is 5.11. The number of amides is 2. The van der Waals surface area contributed by atoms with Crippen LogP contribution in [-0.4, -0.2) is 62.4 Å². The molecule has 0 spiro atoms. The topological polar surface area (TPSA) is 109 Å². The molecule has 0 bridgehead atoms. The monoisotopic (exact) mass is 444 g/mol. The van der Waals surface area contributed by atoms with Gasteiger partial charge in [0.1, 0.15) is 0 Å². The van der Waals surface area contributed by atoms with E-state index in [-0.39, 0.29) is 29.7 Å². The number of sulfonamides is 1. The first kappa shape index (κ1) is 21.4. The Bertz CT molecular complexity index is 1040. The van der Waals surface area contributed by atoms with Crippen LogP contribution in [0.4, 0.5) is 5.69 Å². The van der Waals surface area contributed by atoms with Crippen LogP contribution in [-0.2, 0) is 30.9 Å². The van der Waals surface area contributed by atoms with E-state index in [1.165, 1.54) is 21.3 Å². The highest BCUT2D eigenvalue weighted by molar-refractivity contribution is 7.89. The van der Waals surface area contributed by atoms with Crippen LogP contribution < -0.4 is 10.2 Å².